The molecule has 16 heavy (non-hydrogen) atoms. The topological polar surface area (TPSA) is 18.5 Å². The van der Waals surface area contributed by atoms with Crippen LogP contribution in [0.2, 0.25) is 0 Å². The smallest absolute Gasteiger partial charge is 0.133 e. The molecule has 2 nitrogen and oxygen atoms in total. The first kappa shape index (κ1) is 13.8. The number of halogens is 1. The minimum atomic E-state index is 0.156. The number of benzene rings is 1. The molecule has 0 bridgehead atoms. The second-order valence-corrected chi connectivity index (χ2v) is 5.90. The van der Waals surface area contributed by atoms with E-state index in [0.717, 1.165) is 9.32 Å². The molecule has 0 spiro atoms. The van der Waals surface area contributed by atoms with E-state index in [2.05, 4.69) is 61.6 Å². The van der Waals surface area contributed by atoms with E-state index in [1.54, 1.807) is 7.11 Å². The summed E-state index contributed by atoms with van der Waals surface area (Å²) in [7, 11) is 1.68. The fourth-order valence-electron chi connectivity index (χ4n) is 1.32. The molecule has 0 amide bonds. The van der Waals surface area contributed by atoms with Crippen LogP contribution in [0.25, 0.3) is 0 Å². The number of hydrogen-bond donors (Lipinski definition) is 0. The van der Waals surface area contributed by atoms with Crippen molar-refractivity contribution >= 4 is 22.6 Å². The summed E-state index contributed by atoms with van der Waals surface area (Å²) in [6, 6.07) is 6.38. The van der Waals surface area contributed by atoms with Gasteiger partial charge in [-0.3, -0.25) is 0 Å². The first-order valence-corrected chi connectivity index (χ1v) is 6.45. The van der Waals surface area contributed by atoms with Gasteiger partial charge in [0.15, 0.2) is 0 Å². The largest absolute Gasteiger partial charge is 0.490 e. The minimum Gasteiger partial charge on any atom is -0.490 e. The standard InChI is InChI=1S/C13H19IO2/c1-13(2,3)10-5-6-11(14)12(9-10)16-8-7-15-4/h5-6,9H,7-8H2,1-4H3. The van der Waals surface area contributed by atoms with Crippen molar-refractivity contribution in [3.05, 3.63) is 27.3 Å². The predicted octanol–water partition coefficient (Wildman–Crippen LogP) is 3.61. The van der Waals surface area contributed by atoms with E-state index >= 15 is 0 Å². The zero-order valence-electron chi connectivity index (χ0n) is 10.3. The Morgan fingerprint density at radius 3 is 2.44 bits per heavy atom. The zero-order chi connectivity index (χ0) is 12.2. The monoisotopic (exact) mass is 334 g/mol. The van der Waals surface area contributed by atoms with Gasteiger partial charge in [-0.25, -0.2) is 0 Å². The van der Waals surface area contributed by atoms with Gasteiger partial charge in [0, 0.05) is 7.11 Å². The normalized spacial score (nSPS) is 11.6. The lowest BCUT2D eigenvalue weighted by molar-refractivity contribution is 0.146. The Morgan fingerprint density at radius 2 is 1.88 bits per heavy atom. The zero-order valence-corrected chi connectivity index (χ0v) is 12.5. The molecule has 0 aliphatic rings. The highest BCUT2D eigenvalue weighted by molar-refractivity contribution is 14.1. The number of ether oxygens (including phenoxy) is 2. The van der Waals surface area contributed by atoms with E-state index in [0.29, 0.717) is 13.2 Å². The van der Waals surface area contributed by atoms with Crippen molar-refractivity contribution in [2.24, 2.45) is 0 Å². The molecule has 1 aromatic rings. The molecule has 1 rings (SSSR count). The van der Waals surface area contributed by atoms with Gasteiger partial charge in [0.25, 0.3) is 0 Å². The summed E-state index contributed by atoms with van der Waals surface area (Å²) in [4.78, 5) is 0. The third-order valence-electron chi connectivity index (χ3n) is 2.34. The summed E-state index contributed by atoms with van der Waals surface area (Å²) < 4.78 is 11.8. The van der Waals surface area contributed by atoms with Crippen LogP contribution < -0.4 is 4.74 Å². The molecule has 0 unspecified atom stereocenters. The van der Waals surface area contributed by atoms with E-state index in [1.165, 1.54) is 5.56 Å². The average Bonchev–Trinajstić information content (AvgIpc) is 2.19. The molecule has 0 radical (unpaired) electrons. The molecule has 0 aliphatic carbocycles. The van der Waals surface area contributed by atoms with Gasteiger partial charge in [-0.15, -0.1) is 0 Å². The Morgan fingerprint density at radius 1 is 1.19 bits per heavy atom. The molecule has 0 aliphatic heterocycles. The van der Waals surface area contributed by atoms with Crippen molar-refractivity contribution in [1.82, 2.24) is 0 Å². The van der Waals surface area contributed by atoms with Gasteiger partial charge < -0.3 is 9.47 Å². The lowest BCUT2D eigenvalue weighted by Gasteiger charge is -2.20. The Labute approximate surface area is 111 Å². The molecule has 0 fully saturated rings. The first-order chi connectivity index (χ1) is 7.45. The van der Waals surface area contributed by atoms with Gasteiger partial charge in [-0.05, 0) is 45.7 Å². The van der Waals surface area contributed by atoms with Crippen LogP contribution in [0.15, 0.2) is 18.2 Å². The van der Waals surface area contributed by atoms with Gasteiger partial charge in [-0.1, -0.05) is 26.8 Å². The molecule has 0 N–H and O–H groups in total. The highest BCUT2D eigenvalue weighted by atomic mass is 127. The average molecular weight is 334 g/mol. The van der Waals surface area contributed by atoms with E-state index in [1.807, 2.05) is 0 Å². The summed E-state index contributed by atoms with van der Waals surface area (Å²) in [6.07, 6.45) is 0. The third-order valence-corrected chi connectivity index (χ3v) is 3.23. The maximum atomic E-state index is 5.68. The summed E-state index contributed by atoms with van der Waals surface area (Å²) in [5.74, 6) is 0.949. The lowest BCUT2D eigenvalue weighted by atomic mass is 9.87. The van der Waals surface area contributed by atoms with Crippen LogP contribution in [0.4, 0.5) is 0 Å². The summed E-state index contributed by atoms with van der Waals surface area (Å²) >= 11 is 2.29. The second-order valence-electron chi connectivity index (χ2n) is 4.74. The van der Waals surface area contributed by atoms with Crippen molar-refractivity contribution in [2.45, 2.75) is 26.2 Å². The van der Waals surface area contributed by atoms with Gasteiger partial charge in [0.05, 0.1) is 10.2 Å². The second kappa shape index (κ2) is 5.87. The maximum Gasteiger partial charge on any atom is 0.133 e. The Balaban J connectivity index is 2.83. The highest BCUT2D eigenvalue weighted by Gasteiger charge is 2.15. The van der Waals surface area contributed by atoms with Crippen LogP contribution in [0.1, 0.15) is 26.3 Å². The molecule has 0 heterocycles. The number of methoxy groups -OCH3 is 1. The van der Waals surface area contributed by atoms with Crippen molar-refractivity contribution in [3.63, 3.8) is 0 Å². The quantitative estimate of drug-likeness (QED) is 0.619. The molecular formula is C13H19IO2. The van der Waals surface area contributed by atoms with Crippen molar-refractivity contribution in [2.75, 3.05) is 20.3 Å². The van der Waals surface area contributed by atoms with E-state index < -0.39 is 0 Å². The van der Waals surface area contributed by atoms with Crippen LogP contribution in [0.3, 0.4) is 0 Å². The number of rotatable bonds is 4. The summed E-state index contributed by atoms with van der Waals surface area (Å²) in [6.45, 7) is 7.83. The summed E-state index contributed by atoms with van der Waals surface area (Å²) in [5, 5.41) is 0. The number of hydrogen-bond acceptors (Lipinski definition) is 2. The van der Waals surface area contributed by atoms with E-state index in [-0.39, 0.29) is 5.41 Å². The van der Waals surface area contributed by atoms with Crippen LogP contribution in [-0.2, 0) is 10.2 Å². The van der Waals surface area contributed by atoms with Crippen LogP contribution in [0, 0.1) is 3.57 Å². The van der Waals surface area contributed by atoms with Crippen molar-refractivity contribution in [1.29, 1.82) is 0 Å². The Hall–Kier alpha value is -0.290. The fraction of sp³-hybridized carbons (Fsp3) is 0.538. The van der Waals surface area contributed by atoms with Gasteiger partial charge >= 0.3 is 0 Å². The van der Waals surface area contributed by atoms with Gasteiger partial charge in [0.1, 0.15) is 12.4 Å². The Bertz CT molecular complexity index is 342. The van der Waals surface area contributed by atoms with Crippen molar-refractivity contribution < 1.29 is 9.47 Å². The van der Waals surface area contributed by atoms with Gasteiger partial charge in [0.2, 0.25) is 0 Å². The van der Waals surface area contributed by atoms with Crippen LogP contribution in [0.5, 0.6) is 5.75 Å². The van der Waals surface area contributed by atoms with Crippen molar-refractivity contribution in [3.8, 4) is 5.75 Å². The first-order valence-electron chi connectivity index (χ1n) is 5.37. The van der Waals surface area contributed by atoms with Crippen LogP contribution >= 0.6 is 22.6 Å². The summed E-state index contributed by atoms with van der Waals surface area (Å²) in [5.41, 5.74) is 1.45. The minimum absolute atomic E-state index is 0.156. The highest BCUT2D eigenvalue weighted by Crippen LogP contribution is 2.29. The predicted molar refractivity (Wildman–Crippen MR) is 75.2 cm³/mol. The molecule has 0 saturated carbocycles. The van der Waals surface area contributed by atoms with Gasteiger partial charge in [-0.2, -0.15) is 0 Å². The molecule has 90 valence electrons. The molecular weight excluding hydrogens is 315 g/mol. The third kappa shape index (κ3) is 3.94. The van der Waals surface area contributed by atoms with Crippen LogP contribution in [-0.4, -0.2) is 20.3 Å². The Kier molecular flexibility index (Phi) is 5.05. The molecule has 3 heteroatoms. The maximum absolute atomic E-state index is 5.68. The molecule has 0 aromatic heterocycles. The molecule has 0 atom stereocenters. The van der Waals surface area contributed by atoms with E-state index in [4.69, 9.17) is 9.47 Å². The fourth-order valence-corrected chi connectivity index (χ4v) is 1.81. The molecule has 1 aromatic carbocycles. The van der Waals surface area contributed by atoms with E-state index in [9.17, 15) is 0 Å². The SMILES string of the molecule is COCCOc1cc(C(C)(C)C)ccc1I. The lowest BCUT2D eigenvalue weighted by Crippen LogP contribution is -2.12. The molecule has 0 saturated heterocycles.